The van der Waals surface area contributed by atoms with E-state index in [0.717, 1.165) is 41.8 Å². The van der Waals surface area contributed by atoms with E-state index in [1.165, 1.54) is 11.1 Å². The fourth-order valence-electron chi connectivity index (χ4n) is 2.69. The Bertz CT molecular complexity index is 706. The largest absolute Gasteiger partial charge is 0.497 e. The molecule has 134 valence electrons. The highest BCUT2D eigenvalue weighted by atomic mass is 79.9. The topological polar surface area (TPSA) is 32.8 Å². The van der Waals surface area contributed by atoms with Crippen LogP contribution in [0.4, 0.5) is 5.69 Å². The van der Waals surface area contributed by atoms with E-state index in [9.17, 15) is 4.79 Å². The lowest BCUT2D eigenvalue weighted by Gasteiger charge is -2.23. The van der Waals surface area contributed by atoms with Crippen LogP contribution in [-0.2, 0) is 17.8 Å². The van der Waals surface area contributed by atoms with Crippen LogP contribution in [0, 0.1) is 0 Å². The van der Waals surface area contributed by atoms with E-state index in [1.807, 2.05) is 30.3 Å². The number of benzene rings is 2. The number of hydrogen-bond acceptors (Lipinski definition) is 3. The molecule has 0 saturated carbocycles. The minimum atomic E-state index is 0.648. The molecule has 0 fully saturated rings. The van der Waals surface area contributed by atoms with Crippen LogP contribution in [0.25, 0.3) is 0 Å². The number of likely N-dealkylation sites (N-methyl/N-ethyl adjacent to an activating group) is 1. The van der Waals surface area contributed by atoms with Gasteiger partial charge in [0, 0.05) is 29.8 Å². The number of rotatable bonds is 9. The second kappa shape index (κ2) is 9.59. The highest BCUT2D eigenvalue weighted by molar-refractivity contribution is 9.10. The summed E-state index contributed by atoms with van der Waals surface area (Å²) in [6, 6.07) is 14.1. The second-order valence-corrected chi connectivity index (χ2v) is 6.87. The van der Waals surface area contributed by atoms with E-state index < -0.39 is 0 Å². The quantitative estimate of drug-likeness (QED) is 0.589. The molecule has 0 aliphatic carbocycles. The lowest BCUT2D eigenvalue weighted by Crippen LogP contribution is -2.32. The van der Waals surface area contributed by atoms with Gasteiger partial charge in [-0.05, 0) is 54.9 Å². The lowest BCUT2D eigenvalue weighted by molar-refractivity contribution is -0.107. The first-order valence-corrected chi connectivity index (χ1v) is 9.18. The van der Waals surface area contributed by atoms with Gasteiger partial charge in [0.2, 0.25) is 6.41 Å². The number of amides is 1. The SMILES string of the molecule is CCc1cc(N(C=O)CCN(C)Cc2cccc(OC)c2)ccc1Br. The third-order valence-electron chi connectivity index (χ3n) is 4.18. The summed E-state index contributed by atoms with van der Waals surface area (Å²) in [6.45, 7) is 4.35. The van der Waals surface area contributed by atoms with Crippen LogP contribution in [0.2, 0.25) is 0 Å². The summed E-state index contributed by atoms with van der Waals surface area (Å²) < 4.78 is 6.35. The molecule has 4 nitrogen and oxygen atoms in total. The van der Waals surface area contributed by atoms with Crippen LogP contribution in [0.3, 0.4) is 0 Å². The van der Waals surface area contributed by atoms with Crippen LogP contribution in [0.5, 0.6) is 5.75 Å². The van der Waals surface area contributed by atoms with E-state index in [1.54, 1.807) is 12.0 Å². The Labute approximate surface area is 158 Å². The number of nitrogens with zero attached hydrogens (tertiary/aromatic N) is 2. The van der Waals surface area contributed by atoms with Gasteiger partial charge >= 0.3 is 0 Å². The zero-order valence-electron chi connectivity index (χ0n) is 15.0. The van der Waals surface area contributed by atoms with Gasteiger partial charge in [-0.2, -0.15) is 0 Å². The Morgan fingerprint density at radius 3 is 2.64 bits per heavy atom. The van der Waals surface area contributed by atoms with Gasteiger partial charge in [-0.3, -0.25) is 4.79 Å². The summed E-state index contributed by atoms with van der Waals surface area (Å²) in [5.41, 5.74) is 3.33. The monoisotopic (exact) mass is 404 g/mol. The zero-order chi connectivity index (χ0) is 18.2. The van der Waals surface area contributed by atoms with Crippen molar-refractivity contribution in [2.24, 2.45) is 0 Å². The molecule has 0 saturated heterocycles. The van der Waals surface area contributed by atoms with Gasteiger partial charge in [-0.1, -0.05) is 35.0 Å². The first-order valence-electron chi connectivity index (χ1n) is 8.39. The Kier molecular flexibility index (Phi) is 7.47. The molecule has 0 bridgehead atoms. The fourth-order valence-corrected chi connectivity index (χ4v) is 3.22. The van der Waals surface area contributed by atoms with Crippen LogP contribution in [0.1, 0.15) is 18.1 Å². The van der Waals surface area contributed by atoms with E-state index in [-0.39, 0.29) is 0 Å². The summed E-state index contributed by atoms with van der Waals surface area (Å²) in [5.74, 6) is 0.863. The Balaban J connectivity index is 1.96. The minimum Gasteiger partial charge on any atom is -0.497 e. The van der Waals surface area contributed by atoms with Crippen molar-refractivity contribution >= 4 is 28.0 Å². The number of carbonyl (C=O) groups excluding carboxylic acids is 1. The number of aryl methyl sites for hydroxylation is 1. The fraction of sp³-hybridized carbons (Fsp3) is 0.350. The van der Waals surface area contributed by atoms with Gasteiger partial charge < -0.3 is 14.5 Å². The number of halogens is 1. The van der Waals surface area contributed by atoms with Crippen LogP contribution in [0.15, 0.2) is 46.9 Å². The Hall–Kier alpha value is -1.85. The number of hydrogen-bond donors (Lipinski definition) is 0. The van der Waals surface area contributed by atoms with Gasteiger partial charge in [-0.25, -0.2) is 0 Å². The number of carbonyl (C=O) groups is 1. The molecular weight excluding hydrogens is 380 g/mol. The molecule has 2 aromatic carbocycles. The molecule has 2 aromatic rings. The molecule has 0 N–H and O–H groups in total. The molecule has 1 amide bonds. The maximum Gasteiger partial charge on any atom is 0.214 e. The Morgan fingerprint density at radius 2 is 1.96 bits per heavy atom. The lowest BCUT2D eigenvalue weighted by atomic mass is 10.1. The summed E-state index contributed by atoms with van der Waals surface area (Å²) >= 11 is 3.55. The summed E-state index contributed by atoms with van der Waals surface area (Å²) in [4.78, 5) is 15.5. The van der Waals surface area contributed by atoms with Gasteiger partial charge in [0.05, 0.1) is 7.11 Å². The zero-order valence-corrected chi connectivity index (χ0v) is 16.6. The molecule has 0 aliphatic heterocycles. The van der Waals surface area contributed by atoms with E-state index >= 15 is 0 Å². The maximum absolute atomic E-state index is 11.5. The van der Waals surface area contributed by atoms with E-state index in [0.29, 0.717) is 6.54 Å². The van der Waals surface area contributed by atoms with Crippen LogP contribution in [-0.4, -0.2) is 38.6 Å². The van der Waals surface area contributed by atoms with Gasteiger partial charge in [0.25, 0.3) is 0 Å². The van der Waals surface area contributed by atoms with E-state index in [2.05, 4.69) is 46.9 Å². The Morgan fingerprint density at radius 1 is 1.16 bits per heavy atom. The van der Waals surface area contributed by atoms with Gasteiger partial charge in [0.1, 0.15) is 5.75 Å². The van der Waals surface area contributed by atoms with Crippen molar-refractivity contribution in [3.8, 4) is 5.75 Å². The van der Waals surface area contributed by atoms with E-state index in [4.69, 9.17) is 4.74 Å². The average Bonchev–Trinajstić information content (AvgIpc) is 2.63. The molecule has 2 rings (SSSR count). The molecular formula is C20H25BrN2O2. The molecule has 0 unspecified atom stereocenters. The maximum atomic E-state index is 11.5. The molecule has 0 radical (unpaired) electrons. The van der Waals surface area contributed by atoms with Crippen molar-refractivity contribution in [3.05, 3.63) is 58.1 Å². The predicted octanol–water partition coefficient (Wildman–Crippen LogP) is 4.11. The van der Waals surface area contributed by atoms with Crippen LogP contribution < -0.4 is 9.64 Å². The first-order chi connectivity index (χ1) is 12.1. The minimum absolute atomic E-state index is 0.648. The molecule has 0 atom stereocenters. The summed E-state index contributed by atoms with van der Waals surface area (Å²) in [6.07, 6.45) is 1.83. The van der Waals surface area contributed by atoms with Crippen molar-refractivity contribution in [3.63, 3.8) is 0 Å². The number of anilines is 1. The van der Waals surface area contributed by atoms with Crippen molar-refractivity contribution in [2.45, 2.75) is 19.9 Å². The second-order valence-electron chi connectivity index (χ2n) is 6.02. The molecule has 5 heteroatoms. The van der Waals surface area contributed by atoms with Crippen molar-refractivity contribution < 1.29 is 9.53 Å². The van der Waals surface area contributed by atoms with Gasteiger partial charge in [0.15, 0.2) is 0 Å². The smallest absolute Gasteiger partial charge is 0.214 e. The predicted molar refractivity (Wildman–Crippen MR) is 106 cm³/mol. The third-order valence-corrected chi connectivity index (χ3v) is 4.95. The van der Waals surface area contributed by atoms with Crippen LogP contribution >= 0.6 is 15.9 Å². The highest BCUT2D eigenvalue weighted by Gasteiger charge is 2.09. The molecule has 25 heavy (non-hydrogen) atoms. The summed E-state index contributed by atoms with van der Waals surface area (Å²) in [5, 5.41) is 0. The molecule has 0 heterocycles. The standard InChI is InChI=1S/C20H25BrN2O2/c1-4-17-13-18(8-9-20(17)21)23(15-24)11-10-22(2)14-16-6-5-7-19(12-16)25-3/h5-9,12-13,15H,4,10-11,14H2,1-3H3. The third kappa shape index (κ3) is 5.58. The summed E-state index contributed by atoms with van der Waals surface area (Å²) in [7, 11) is 3.73. The van der Waals surface area contributed by atoms with Crippen molar-refractivity contribution in [1.29, 1.82) is 0 Å². The molecule has 0 spiro atoms. The average molecular weight is 405 g/mol. The first kappa shape index (κ1) is 19.5. The van der Waals surface area contributed by atoms with Gasteiger partial charge in [-0.15, -0.1) is 0 Å². The highest BCUT2D eigenvalue weighted by Crippen LogP contribution is 2.23. The van der Waals surface area contributed by atoms with Crippen molar-refractivity contribution in [1.82, 2.24) is 4.90 Å². The number of methoxy groups -OCH3 is 1. The molecule has 0 aromatic heterocycles. The normalized spacial score (nSPS) is 10.8. The number of ether oxygens (including phenoxy) is 1. The molecule has 0 aliphatic rings. The van der Waals surface area contributed by atoms with Crippen molar-refractivity contribution in [2.75, 3.05) is 32.1 Å².